The molecular formula is C12H17NOS. The van der Waals surface area contributed by atoms with Crippen molar-refractivity contribution < 1.29 is 4.79 Å². The van der Waals surface area contributed by atoms with E-state index >= 15 is 0 Å². The zero-order valence-corrected chi connectivity index (χ0v) is 10.1. The smallest absolute Gasteiger partial charge is 0.143 e. The molecule has 15 heavy (non-hydrogen) atoms. The molecule has 0 radical (unpaired) electrons. The van der Waals surface area contributed by atoms with E-state index in [1.807, 2.05) is 11.8 Å². The van der Waals surface area contributed by atoms with Gasteiger partial charge in [0.2, 0.25) is 0 Å². The number of rotatable bonds is 6. The van der Waals surface area contributed by atoms with Crippen molar-refractivity contribution in [3.05, 3.63) is 29.8 Å². The minimum absolute atomic E-state index is 0.174. The maximum Gasteiger partial charge on any atom is 0.143 e. The van der Waals surface area contributed by atoms with Gasteiger partial charge in [-0.1, -0.05) is 19.1 Å². The van der Waals surface area contributed by atoms with Gasteiger partial charge in [-0.25, -0.2) is 0 Å². The lowest BCUT2D eigenvalue weighted by Crippen LogP contribution is -2.20. The summed E-state index contributed by atoms with van der Waals surface area (Å²) in [4.78, 5) is 12.0. The summed E-state index contributed by atoms with van der Waals surface area (Å²) in [6.45, 7) is 4.95. The van der Waals surface area contributed by atoms with E-state index in [-0.39, 0.29) is 5.78 Å². The van der Waals surface area contributed by atoms with Crippen LogP contribution in [0.3, 0.4) is 0 Å². The molecule has 0 spiro atoms. The van der Waals surface area contributed by atoms with Gasteiger partial charge in [0.05, 0.1) is 6.54 Å². The van der Waals surface area contributed by atoms with Crippen LogP contribution in [0.1, 0.15) is 19.4 Å². The second-order valence-electron chi connectivity index (χ2n) is 3.38. The molecule has 0 unspecified atom stereocenters. The Morgan fingerprint density at radius 1 is 1.33 bits per heavy atom. The maximum atomic E-state index is 10.7. The fourth-order valence-corrected chi connectivity index (χ4v) is 1.91. The van der Waals surface area contributed by atoms with E-state index in [9.17, 15) is 4.79 Å². The van der Waals surface area contributed by atoms with Crippen LogP contribution < -0.4 is 5.32 Å². The van der Waals surface area contributed by atoms with Crippen LogP contribution in [0.25, 0.3) is 0 Å². The first-order valence-corrected chi connectivity index (χ1v) is 6.13. The molecule has 0 atom stereocenters. The molecule has 2 nitrogen and oxygen atoms in total. The predicted molar refractivity (Wildman–Crippen MR) is 65.2 cm³/mol. The molecule has 0 fully saturated rings. The van der Waals surface area contributed by atoms with Crippen molar-refractivity contribution in [1.82, 2.24) is 5.32 Å². The summed E-state index contributed by atoms with van der Waals surface area (Å²) < 4.78 is 0. The SMILES string of the molecule is CCSc1ccc(CNCC(C)=O)cc1. The molecule has 3 heteroatoms. The van der Waals surface area contributed by atoms with Crippen molar-refractivity contribution in [3.8, 4) is 0 Å². The molecule has 0 aliphatic heterocycles. The van der Waals surface area contributed by atoms with Gasteiger partial charge in [0.1, 0.15) is 5.78 Å². The average Bonchev–Trinajstić information content (AvgIpc) is 2.20. The Kier molecular flexibility index (Phi) is 5.43. The molecule has 0 aliphatic rings. The van der Waals surface area contributed by atoms with Crippen molar-refractivity contribution in [2.75, 3.05) is 12.3 Å². The highest BCUT2D eigenvalue weighted by molar-refractivity contribution is 7.99. The van der Waals surface area contributed by atoms with Gasteiger partial charge < -0.3 is 5.32 Å². The molecule has 0 amide bonds. The lowest BCUT2D eigenvalue weighted by atomic mass is 10.2. The summed E-state index contributed by atoms with van der Waals surface area (Å²) in [6.07, 6.45) is 0. The van der Waals surface area contributed by atoms with Crippen LogP contribution in [0, 0.1) is 0 Å². The zero-order chi connectivity index (χ0) is 11.1. The van der Waals surface area contributed by atoms with Gasteiger partial charge in [-0.15, -0.1) is 11.8 Å². The second kappa shape index (κ2) is 6.64. The Labute approximate surface area is 95.5 Å². The first-order chi connectivity index (χ1) is 7.22. The Balaban J connectivity index is 2.39. The molecule has 82 valence electrons. The number of hydrogen-bond acceptors (Lipinski definition) is 3. The number of hydrogen-bond donors (Lipinski definition) is 1. The Morgan fingerprint density at radius 3 is 2.53 bits per heavy atom. The fourth-order valence-electron chi connectivity index (χ4n) is 1.25. The van der Waals surface area contributed by atoms with E-state index < -0.39 is 0 Å². The summed E-state index contributed by atoms with van der Waals surface area (Å²) in [5, 5.41) is 3.10. The predicted octanol–water partition coefficient (Wildman–Crippen LogP) is 2.48. The molecule has 0 saturated heterocycles. The quantitative estimate of drug-likeness (QED) is 0.751. The molecule has 0 aliphatic carbocycles. The highest BCUT2D eigenvalue weighted by atomic mass is 32.2. The van der Waals surface area contributed by atoms with Crippen molar-refractivity contribution in [2.24, 2.45) is 0 Å². The first-order valence-electron chi connectivity index (χ1n) is 5.14. The van der Waals surface area contributed by atoms with E-state index in [1.54, 1.807) is 6.92 Å². The molecular weight excluding hydrogens is 206 g/mol. The summed E-state index contributed by atoms with van der Waals surface area (Å²) in [7, 11) is 0. The van der Waals surface area contributed by atoms with Gasteiger partial charge >= 0.3 is 0 Å². The van der Waals surface area contributed by atoms with Gasteiger partial charge in [0, 0.05) is 11.4 Å². The number of thioether (sulfide) groups is 1. The van der Waals surface area contributed by atoms with Crippen molar-refractivity contribution in [2.45, 2.75) is 25.3 Å². The third-order valence-corrected chi connectivity index (χ3v) is 2.83. The number of Topliss-reactive ketones (excluding diaryl/α,β-unsaturated/α-hetero) is 1. The topological polar surface area (TPSA) is 29.1 Å². The van der Waals surface area contributed by atoms with E-state index in [1.165, 1.54) is 10.5 Å². The highest BCUT2D eigenvalue weighted by Gasteiger charge is 1.95. The number of nitrogens with one attached hydrogen (secondary N) is 1. The van der Waals surface area contributed by atoms with E-state index in [2.05, 4.69) is 36.5 Å². The van der Waals surface area contributed by atoms with Gasteiger partial charge in [-0.3, -0.25) is 4.79 Å². The number of ketones is 1. The summed E-state index contributed by atoms with van der Waals surface area (Å²) >= 11 is 1.84. The Bertz CT molecular complexity index is 308. The maximum absolute atomic E-state index is 10.7. The average molecular weight is 223 g/mol. The molecule has 0 bridgehead atoms. The van der Waals surface area contributed by atoms with Crippen LogP contribution in [-0.4, -0.2) is 18.1 Å². The minimum atomic E-state index is 0.174. The van der Waals surface area contributed by atoms with Crippen LogP contribution >= 0.6 is 11.8 Å². The second-order valence-corrected chi connectivity index (χ2v) is 4.72. The molecule has 1 rings (SSSR count). The lowest BCUT2D eigenvalue weighted by molar-refractivity contribution is -0.116. The van der Waals surface area contributed by atoms with Crippen LogP contribution in [0.15, 0.2) is 29.2 Å². The van der Waals surface area contributed by atoms with Gasteiger partial charge in [-0.2, -0.15) is 0 Å². The monoisotopic (exact) mass is 223 g/mol. The lowest BCUT2D eigenvalue weighted by Gasteiger charge is -2.04. The van der Waals surface area contributed by atoms with Crippen LogP contribution in [0.4, 0.5) is 0 Å². The summed E-state index contributed by atoms with van der Waals surface area (Å²) in [6, 6.07) is 8.45. The van der Waals surface area contributed by atoms with Crippen LogP contribution in [0.5, 0.6) is 0 Å². The Morgan fingerprint density at radius 2 is 2.00 bits per heavy atom. The largest absolute Gasteiger partial charge is 0.306 e. The third kappa shape index (κ3) is 5.00. The normalized spacial score (nSPS) is 10.3. The first kappa shape index (κ1) is 12.3. The molecule has 0 aromatic heterocycles. The molecule has 0 saturated carbocycles. The summed E-state index contributed by atoms with van der Waals surface area (Å²) in [5.41, 5.74) is 1.22. The van der Waals surface area contributed by atoms with Crippen LogP contribution in [0.2, 0.25) is 0 Å². The number of carbonyl (C=O) groups is 1. The Hall–Kier alpha value is -0.800. The molecule has 1 N–H and O–H groups in total. The van der Waals surface area contributed by atoms with Crippen molar-refractivity contribution in [1.29, 1.82) is 0 Å². The zero-order valence-electron chi connectivity index (χ0n) is 9.25. The minimum Gasteiger partial charge on any atom is -0.306 e. The fraction of sp³-hybridized carbons (Fsp3) is 0.417. The van der Waals surface area contributed by atoms with E-state index in [4.69, 9.17) is 0 Å². The van der Waals surface area contributed by atoms with Gasteiger partial charge in [0.25, 0.3) is 0 Å². The van der Waals surface area contributed by atoms with Crippen LogP contribution in [-0.2, 0) is 11.3 Å². The molecule has 0 heterocycles. The summed E-state index contributed by atoms with van der Waals surface area (Å²) in [5.74, 6) is 1.27. The molecule has 1 aromatic rings. The van der Waals surface area contributed by atoms with Gasteiger partial charge in [-0.05, 0) is 30.4 Å². The van der Waals surface area contributed by atoms with E-state index in [0.29, 0.717) is 6.54 Å². The molecule has 1 aromatic carbocycles. The van der Waals surface area contributed by atoms with Crippen molar-refractivity contribution >= 4 is 17.5 Å². The standard InChI is InChI=1S/C12H17NOS/c1-3-15-12-6-4-11(5-7-12)9-13-8-10(2)14/h4-7,13H,3,8-9H2,1-2H3. The highest BCUT2D eigenvalue weighted by Crippen LogP contribution is 2.17. The van der Waals surface area contributed by atoms with Crippen molar-refractivity contribution in [3.63, 3.8) is 0 Å². The third-order valence-electron chi connectivity index (χ3n) is 1.94. The number of benzene rings is 1. The van der Waals surface area contributed by atoms with Gasteiger partial charge in [0.15, 0.2) is 0 Å². The number of carbonyl (C=O) groups excluding carboxylic acids is 1. The van der Waals surface area contributed by atoms with E-state index in [0.717, 1.165) is 12.3 Å².